The highest BCUT2D eigenvalue weighted by Gasteiger charge is 2.18. The van der Waals surface area contributed by atoms with Crippen molar-refractivity contribution < 1.29 is 19.8 Å². The first-order chi connectivity index (χ1) is 14.0. The summed E-state index contributed by atoms with van der Waals surface area (Å²) < 4.78 is 0. The molecule has 2 N–H and O–H groups in total. The Morgan fingerprint density at radius 1 is 0.724 bits per heavy atom. The van der Waals surface area contributed by atoms with Gasteiger partial charge in [-0.1, -0.05) is 72.8 Å². The zero-order valence-electron chi connectivity index (χ0n) is 15.7. The number of allylic oxidation sites excluding steroid dienone is 1. The number of carbonyl (C=O) groups excluding carboxylic acids is 1. The van der Waals surface area contributed by atoms with Crippen molar-refractivity contribution >= 4 is 17.4 Å². The number of rotatable bonds is 8. The molecule has 0 aliphatic carbocycles. The third kappa shape index (κ3) is 5.32. The summed E-state index contributed by atoms with van der Waals surface area (Å²) in [5.74, 6) is -3.09. The van der Waals surface area contributed by atoms with Crippen LogP contribution in [0.5, 0.6) is 0 Å². The van der Waals surface area contributed by atoms with Gasteiger partial charge in [-0.05, 0) is 23.3 Å². The van der Waals surface area contributed by atoms with Crippen molar-refractivity contribution in [3.8, 4) is 0 Å². The molecular formula is C24H21NO4. The second-order valence-electron chi connectivity index (χ2n) is 6.54. The first-order valence-corrected chi connectivity index (χ1v) is 9.14. The Balaban J connectivity index is 2.00. The summed E-state index contributed by atoms with van der Waals surface area (Å²) in [4.78, 5) is 25.6. The van der Waals surface area contributed by atoms with E-state index in [1.54, 1.807) is 12.1 Å². The molecule has 0 fully saturated rings. The van der Waals surface area contributed by atoms with Gasteiger partial charge in [-0.15, -0.1) is 0 Å². The van der Waals surface area contributed by atoms with E-state index in [1.807, 2.05) is 72.8 Å². The number of carboxylic acids is 1. The number of aliphatic carboxylic acids is 1. The molecule has 0 aromatic heterocycles. The number of para-hydroxylation sites is 1. The van der Waals surface area contributed by atoms with Crippen LogP contribution in [0.2, 0.25) is 0 Å². The number of aliphatic hydroxyl groups is 1. The number of anilines is 1. The minimum atomic E-state index is -1.54. The molecule has 0 atom stereocenters. The van der Waals surface area contributed by atoms with E-state index in [9.17, 15) is 14.7 Å². The van der Waals surface area contributed by atoms with Crippen molar-refractivity contribution in [2.45, 2.75) is 13.1 Å². The van der Waals surface area contributed by atoms with Crippen LogP contribution in [-0.2, 0) is 17.9 Å². The van der Waals surface area contributed by atoms with Gasteiger partial charge in [0.1, 0.15) is 0 Å². The van der Waals surface area contributed by atoms with Crippen molar-refractivity contribution in [3.05, 3.63) is 113 Å². The van der Waals surface area contributed by atoms with Gasteiger partial charge >= 0.3 is 5.97 Å². The predicted molar refractivity (Wildman–Crippen MR) is 112 cm³/mol. The highest BCUT2D eigenvalue weighted by Crippen LogP contribution is 2.25. The molecule has 0 bridgehead atoms. The lowest BCUT2D eigenvalue weighted by Crippen LogP contribution is -2.24. The van der Waals surface area contributed by atoms with Gasteiger partial charge in [-0.2, -0.15) is 0 Å². The van der Waals surface area contributed by atoms with Gasteiger partial charge in [-0.3, -0.25) is 4.79 Å². The fourth-order valence-electron chi connectivity index (χ4n) is 3.06. The van der Waals surface area contributed by atoms with Gasteiger partial charge in [0.2, 0.25) is 5.76 Å². The number of ketones is 1. The third-order valence-electron chi connectivity index (χ3n) is 4.43. The summed E-state index contributed by atoms with van der Waals surface area (Å²) in [5, 5.41) is 18.4. The Bertz CT molecular complexity index is 972. The summed E-state index contributed by atoms with van der Waals surface area (Å²) in [7, 11) is 0. The zero-order valence-corrected chi connectivity index (χ0v) is 15.7. The van der Waals surface area contributed by atoms with Crippen molar-refractivity contribution in [1.29, 1.82) is 0 Å². The van der Waals surface area contributed by atoms with E-state index in [0.29, 0.717) is 24.3 Å². The molecule has 0 unspecified atom stereocenters. The third-order valence-corrected chi connectivity index (χ3v) is 4.43. The van der Waals surface area contributed by atoms with Crippen LogP contribution in [0.3, 0.4) is 0 Å². The van der Waals surface area contributed by atoms with Gasteiger partial charge in [-0.25, -0.2) is 4.79 Å². The average molecular weight is 387 g/mol. The smallest absolute Gasteiger partial charge is 0.371 e. The quantitative estimate of drug-likeness (QED) is 0.335. The van der Waals surface area contributed by atoms with Crippen molar-refractivity contribution in [1.82, 2.24) is 0 Å². The maximum atomic E-state index is 12.7. The fraction of sp³-hybridized carbons (Fsp3) is 0.0833. The van der Waals surface area contributed by atoms with Crippen molar-refractivity contribution in [2.75, 3.05) is 4.90 Å². The molecule has 3 aromatic carbocycles. The summed E-state index contributed by atoms with van der Waals surface area (Å²) >= 11 is 0. The topological polar surface area (TPSA) is 77.8 Å². The molecule has 0 radical (unpaired) electrons. The Morgan fingerprint density at radius 2 is 1.21 bits per heavy atom. The van der Waals surface area contributed by atoms with Crippen molar-refractivity contribution in [2.24, 2.45) is 0 Å². The second-order valence-corrected chi connectivity index (χ2v) is 6.54. The fourth-order valence-corrected chi connectivity index (χ4v) is 3.06. The minimum Gasteiger partial charge on any atom is -0.502 e. The monoisotopic (exact) mass is 387 g/mol. The van der Waals surface area contributed by atoms with E-state index < -0.39 is 17.5 Å². The molecule has 5 heteroatoms. The highest BCUT2D eigenvalue weighted by atomic mass is 16.4. The maximum absolute atomic E-state index is 12.7. The summed E-state index contributed by atoms with van der Waals surface area (Å²) in [6.07, 6.45) is 0.740. The summed E-state index contributed by atoms with van der Waals surface area (Å²) in [6, 6.07) is 26.8. The van der Waals surface area contributed by atoms with E-state index >= 15 is 0 Å². The van der Waals surface area contributed by atoms with Crippen LogP contribution in [0.4, 0.5) is 5.69 Å². The van der Waals surface area contributed by atoms with Gasteiger partial charge in [0.25, 0.3) is 0 Å². The molecule has 0 aliphatic rings. The van der Waals surface area contributed by atoms with Gasteiger partial charge < -0.3 is 15.1 Å². The van der Waals surface area contributed by atoms with Crippen LogP contribution >= 0.6 is 0 Å². The minimum absolute atomic E-state index is 0.326. The number of carboxylic acid groups (broad SMARTS) is 1. The molecule has 0 saturated carbocycles. The van der Waals surface area contributed by atoms with Crippen LogP contribution in [0.25, 0.3) is 0 Å². The molecule has 0 saturated heterocycles. The SMILES string of the molecule is O=C(O)/C(O)=C/C(=O)c1ccccc1N(Cc1ccccc1)Cc1ccccc1. The number of aliphatic hydroxyl groups excluding tert-OH is 1. The number of carbonyl (C=O) groups is 2. The molecule has 3 aromatic rings. The van der Waals surface area contributed by atoms with E-state index in [-0.39, 0.29) is 0 Å². The molecule has 0 spiro atoms. The second kappa shape index (κ2) is 9.37. The van der Waals surface area contributed by atoms with Crippen LogP contribution in [0.15, 0.2) is 96.8 Å². The van der Waals surface area contributed by atoms with Crippen LogP contribution in [-0.4, -0.2) is 22.0 Å². The Morgan fingerprint density at radius 3 is 1.72 bits per heavy atom. The van der Waals surface area contributed by atoms with E-state index in [0.717, 1.165) is 17.2 Å². The molecule has 29 heavy (non-hydrogen) atoms. The molecular weight excluding hydrogens is 366 g/mol. The first kappa shape index (κ1) is 19.9. The molecule has 5 nitrogen and oxygen atoms in total. The number of hydrogen-bond donors (Lipinski definition) is 2. The van der Waals surface area contributed by atoms with E-state index in [4.69, 9.17) is 5.11 Å². The highest BCUT2D eigenvalue weighted by molar-refractivity contribution is 6.11. The maximum Gasteiger partial charge on any atom is 0.371 e. The molecule has 3 rings (SSSR count). The Hall–Kier alpha value is -3.86. The van der Waals surface area contributed by atoms with Crippen molar-refractivity contribution in [3.63, 3.8) is 0 Å². The largest absolute Gasteiger partial charge is 0.502 e. The molecule has 0 amide bonds. The summed E-state index contributed by atoms with van der Waals surface area (Å²) in [5.41, 5.74) is 3.15. The summed E-state index contributed by atoms with van der Waals surface area (Å²) in [6.45, 7) is 1.13. The zero-order chi connectivity index (χ0) is 20.6. The lowest BCUT2D eigenvalue weighted by atomic mass is 10.0. The first-order valence-electron chi connectivity index (χ1n) is 9.14. The van der Waals surface area contributed by atoms with Gasteiger partial charge in [0, 0.05) is 30.4 Å². The Labute approximate surface area is 169 Å². The molecule has 0 heterocycles. The number of nitrogens with zero attached hydrogens (tertiary/aromatic N) is 1. The lowest BCUT2D eigenvalue weighted by molar-refractivity contribution is -0.135. The molecule has 146 valence electrons. The van der Waals surface area contributed by atoms with E-state index in [2.05, 4.69) is 4.90 Å². The van der Waals surface area contributed by atoms with Crippen LogP contribution < -0.4 is 4.90 Å². The standard InChI is InChI=1S/C24H21NO4/c26-22(15-23(27)24(28)29)20-13-7-8-14-21(20)25(16-18-9-3-1-4-10-18)17-19-11-5-2-6-12-19/h1-15,27H,16-17H2,(H,28,29)/b23-15-. The predicted octanol–water partition coefficient (Wildman–Crippen LogP) is 4.60. The van der Waals surface area contributed by atoms with E-state index in [1.165, 1.54) is 0 Å². The van der Waals surface area contributed by atoms with Crippen LogP contribution in [0.1, 0.15) is 21.5 Å². The Kier molecular flexibility index (Phi) is 6.43. The number of hydrogen-bond acceptors (Lipinski definition) is 4. The van der Waals surface area contributed by atoms with Gasteiger partial charge in [0.05, 0.1) is 0 Å². The average Bonchev–Trinajstić information content (AvgIpc) is 2.74. The number of benzene rings is 3. The lowest BCUT2D eigenvalue weighted by Gasteiger charge is -2.27. The van der Waals surface area contributed by atoms with Crippen LogP contribution in [0, 0.1) is 0 Å². The molecule has 0 aliphatic heterocycles. The normalized spacial score (nSPS) is 11.1. The van der Waals surface area contributed by atoms with Gasteiger partial charge in [0.15, 0.2) is 5.78 Å².